The molecule has 0 saturated heterocycles. The van der Waals surface area contributed by atoms with E-state index in [2.05, 4.69) is 15.5 Å². The maximum atomic E-state index is 12.9. The maximum absolute atomic E-state index is 12.9. The zero-order valence-electron chi connectivity index (χ0n) is 15.2. The molecule has 6 nitrogen and oxygen atoms in total. The largest absolute Gasteiger partial charge is 0.462 e. The van der Waals surface area contributed by atoms with Crippen LogP contribution < -0.4 is 5.32 Å². The van der Waals surface area contributed by atoms with Gasteiger partial charge in [0, 0.05) is 10.4 Å². The zero-order chi connectivity index (χ0) is 19.7. The van der Waals surface area contributed by atoms with Crippen LogP contribution in [0.25, 0.3) is 22.0 Å². The molecular weight excluding hydrogens is 398 g/mol. The van der Waals surface area contributed by atoms with Gasteiger partial charge in [-0.3, -0.25) is 4.79 Å². The fourth-order valence-electron chi connectivity index (χ4n) is 2.82. The highest BCUT2D eigenvalue weighted by molar-refractivity contribution is 7.15. The lowest BCUT2D eigenvalue weighted by atomic mass is 10.1. The molecule has 0 atom stereocenters. The number of rotatable bonds is 5. The van der Waals surface area contributed by atoms with Gasteiger partial charge in [0.2, 0.25) is 0 Å². The average molecular weight is 414 g/mol. The first-order valence-electron chi connectivity index (χ1n) is 8.54. The van der Waals surface area contributed by atoms with Gasteiger partial charge in [0.15, 0.2) is 10.8 Å². The van der Waals surface area contributed by atoms with Crippen LogP contribution in [-0.2, 0) is 6.54 Å². The fourth-order valence-corrected chi connectivity index (χ4v) is 4.02. The summed E-state index contributed by atoms with van der Waals surface area (Å²) in [5.74, 6) is 0.868. The van der Waals surface area contributed by atoms with Crippen molar-refractivity contribution in [1.29, 1.82) is 0 Å². The van der Waals surface area contributed by atoms with Gasteiger partial charge in [0.1, 0.15) is 17.0 Å². The lowest BCUT2D eigenvalue weighted by molar-refractivity contribution is 0.0950. The summed E-state index contributed by atoms with van der Waals surface area (Å²) in [5.41, 5.74) is 2.31. The molecule has 4 rings (SSSR count). The molecule has 0 aliphatic rings. The predicted molar refractivity (Wildman–Crippen MR) is 107 cm³/mol. The highest BCUT2D eigenvalue weighted by Gasteiger charge is 2.23. The number of nitrogens with zero attached hydrogens (tertiary/aromatic N) is 2. The Morgan fingerprint density at radius 1 is 1.21 bits per heavy atom. The number of thiazole rings is 1. The SMILES string of the molecule is Cc1nc(-c2ccco2)sc1CNC(=O)c1c(-c2ccccc2Cl)noc1C. The monoisotopic (exact) mass is 413 g/mol. The summed E-state index contributed by atoms with van der Waals surface area (Å²) in [6.07, 6.45) is 1.61. The minimum Gasteiger partial charge on any atom is -0.462 e. The molecule has 3 aromatic heterocycles. The number of amides is 1. The van der Waals surface area contributed by atoms with Crippen molar-refractivity contribution in [2.24, 2.45) is 0 Å². The molecule has 142 valence electrons. The van der Waals surface area contributed by atoms with E-state index >= 15 is 0 Å². The molecule has 0 aliphatic carbocycles. The molecule has 0 unspecified atom stereocenters. The molecular formula is C20H16ClN3O3S. The first-order valence-corrected chi connectivity index (χ1v) is 9.73. The number of carbonyl (C=O) groups excluding carboxylic acids is 1. The van der Waals surface area contributed by atoms with Crippen molar-refractivity contribution in [1.82, 2.24) is 15.5 Å². The van der Waals surface area contributed by atoms with Crippen molar-refractivity contribution < 1.29 is 13.7 Å². The predicted octanol–water partition coefficient (Wildman–Crippen LogP) is 5.26. The van der Waals surface area contributed by atoms with Crippen molar-refractivity contribution in [2.45, 2.75) is 20.4 Å². The summed E-state index contributed by atoms with van der Waals surface area (Å²) in [7, 11) is 0. The van der Waals surface area contributed by atoms with Crippen molar-refractivity contribution in [2.75, 3.05) is 0 Å². The standard InChI is InChI=1S/C20H16ClN3O3S/c1-11-16(28-20(23-11)15-8-5-9-26-15)10-22-19(25)17-12(2)27-24-18(17)13-6-3-4-7-14(13)21/h3-9H,10H2,1-2H3,(H,22,25). The second-order valence-corrected chi connectivity index (χ2v) is 7.62. The van der Waals surface area contributed by atoms with Crippen LogP contribution >= 0.6 is 22.9 Å². The van der Waals surface area contributed by atoms with Crippen molar-refractivity contribution in [3.63, 3.8) is 0 Å². The summed E-state index contributed by atoms with van der Waals surface area (Å²) >= 11 is 7.75. The molecule has 3 heterocycles. The second kappa shape index (κ2) is 7.61. The Bertz CT molecular complexity index is 1130. The van der Waals surface area contributed by atoms with E-state index in [0.29, 0.717) is 39.9 Å². The van der Waals surface area contributed by atoms with Crippen molar-refractivity contribution >= 4 is 28.8 Å². The van der Waals surface area contributed by atoms with E-state index in [1.165, 1.54) is 11.3 Å². The Kier molecular flexibility index (Phi) is 5.02. The molecule has 0 saturated carbocycles. The van der Waals surface area contributed by atoms with Crippen LogP contribution in [0.5, 0.6) is 0 Å². The molecule has 1 aromatic carbocycles. The molecule has 0 bridgehead atoms. The summed E-state index contributed by atoms with van der Waals surface area (Å²) in [4.78, 5) is 18.3. The Morgan fingerprint density at radius 3 is 2.79 bits per heavy atom. The van der Waals surface area contributed by atoms with Crippen LogP contribution in [0.2, 0.25) is 5.02 Å². The molecule has 0 aliphatic heterocycles. The molecule has 28 heavy (non-hydrogen) atoms. The Labute approximate surface area is 170 Å². The summed E-state index contributed by atoms with van der Waals surface area (Å²) in [6, 6.07) is 10.9. The molecule has 1 N–H and O–H groups in total. The smallest absolute Gasteiger partial charge is 0.257 e. The van der Waals surface area contributed by atoms with Gasteiger partial charge in [0.25, 0.3) is 5.91 Å². The number of aryl methyl sites for hydroxylation is 2. The Morgan fingerprint density at radius 2 is 2.04 bits per heavy atom. The van der Waals surface area contributed by atoms with Gasteiger partial charge in [0.05, 0.1) is 23.5 Å². The van der Waals surface area contributed by atoms with E-state index in [1.807, 2.05) is 31.2 Å². The maximum Gasteiger partial charge on any atom is 0.257 e. The summed E-state index contributed by atoms with van der Waals surface area (Å²) < 4.78 is 10.7. The van der Waals surface area contributed by atoms with Gasteiger partial charge < -0.3 is 14.3 Å². The van der Waals surface area contributed by atoms with Crippen LogP contribution in [0, 0.1) is 13.8 Å². The van der Waals surface area contributed by atoms with Crippen LogP contribution in [0.3, 0.4) is 0 Å². The van der Waals surface area contributed by atoms with Crippen molar-refractivity contribution in [3.8, 4) is 22.0 Å². The number of benzene rings is 1. The zero-order valence-corrected chi connectivity index (χ0v) is 16.7. The molecule has 1 amide bonds. The minimum absolute atomic E-state index is 0.277. The number of aromatic nitrogens is 2. The first-order chi connectivity index (χ1) is 13.5. The Hall–Kier alpha value is -2.90. The van der Waals surface area contributed by atoms with E-state index in [-0.39, 0.29) is 5.91 Å². The minimum atomic E-state index is -0.277. The van der Waals surface area contributed by atoms with Crippen LogP contribution in [0.4, 0.5) is 0 Å². The fraction of sp³-hybridized carbons (Fsp3) is 0.150. The van der Waals surface area contributed by atoms with E-state index < -0.39 is 0 Å². The van der Waals surface area contributed by atoms with Gasteiger partial charge in [-0.1, -0.05) is 35.0 Å². The topological polar surface area (TPSA) is 81.2 Å². The Balaban J connectivity index is 1.56. The van der Waals surface area contributed by atoms with Gasteiger partial charge in [-0.05, 0) is 32.0 Å². The summed E-state index contributed by atoms with van der Waals surface area (Å²) in [6.45, 7) is 3.95. The van der Waals surface area contributed by atoms with Gasteiger partial charge >= 0.3 is 0 Å². The third kappa shape index (κ3) is 3.46. The third-order valence-corrected chi connectivity index (χ3v) is 5.75. The van der Waals surface area contributed by atoms with Gasteiger partial charge in [-0.2, -0.15) is 0 Å². The average Bonchev–Trinajstić information content (AvgIpc) is 3.40. The molecule has 0 spiro atoms. The highest BCUT2D eigenvalue weighted by atomic mass is 35.5. The van der Waals surface area contributed by atoms with Crippen LogP contribution in [0.1, 0.15) is 26.7 Å². The number of halogens is 1. The molecule has 4 aromatic rings. The highest BCUT2D eigenvalue weighted by Crippen LogP contribution is 2.31. The quantitative estimate of drug-likeness (QED) is 0.482. The first kappa shape index (κ1) is 18.5. The van der Waals surface area contributed by atoms with E-state index in [1.54, 1.807) is 25.3 Å². The van der Waals surface area contributed by atoms with Gasteiger partial charge in [-0.25, -0.2) is 4.98 Å². The number of furan rings is 1. The molecule has 8 heteroatoms. The molecule has 0 fully saturated rings. The van der Waals surface area contributed by atoms with Gasteiger partial charge in [-0.15, -0.1) is 11.3 Å². The lowest BCUT2D eigenvalue weighted by Gasteiger charge is -2.06. The lowest BCUT2D eigenvalue weighted by Crippen LogP contribution is -2.23. The normalized spacial score (nSPS) is 11.0. The number of nitrogens with one attached hydrogen (secondary N) is 1. The van der Waals surface area contributed by atoms with Crippen molar-refractivity contribution in [3.05, 3.63) is 69.6 Å². The second-order valence-electron chi connectivity index (χ2n) is 6.13. The van der Waals surface area contributed by atoms with Crippen LogP contribution in [0.15, 0.2) is 51.6 Å². The number of hydrogen-bond donors (Lipinski definition) is 1. The van der Waals surface area contributed by atoms with E-state index in [4.69, 9.17) is 20.5 Å². The van der Waals surface area contributed by atoms with E-state index in [9.17, 15) is 4.79 Å². The molecule has 0 radical (unpaired) electrons. The number of hydrogen-bond acceptors (Lipinski definition) is 6. The van der Waals surface area contributed by atoms with Crippen LogP contribution in [-0.4, -0.2) is 16.0 Å². The summed E-state index contributed by atoms with van der Waals surface area (Å²) in [5, 5.41) is 8.25. The number of carbonyl (C=O) groups is 1. The van der Waals surface area contributed by atoms with E-state index in [0.717, 1.165) is 15.6 Å². The third-order valence-electron chi connectivity index (χ3n) is 4.25.